The van der Waals surface area contributed by atoms with Crippen molar-refractivity contribution >= 4 is 5.90 Å². The summed E-state index contributed by atoms with van der Waals surface area (Å²) in [5.74, 6) is -2.31. The number of hydrogen-bond donors (Lipinski definition) is 1. The predicted octanol–water partition coefficient (Wildman–Crippen LogP) is 3.80. The summed E-state index contributed by atoms with van der Waals surface area (Å²) < 4.78 is 17.8. The van der Waals surface area contributed by atoms with E-state index in [0.29, 0.717) is 17.7 Å². The monoisotopic (exact) mass is 402 g/mol. The van der Waals surface area contributed by atoms with Gasteiger partial charge in [-0.1, -0.05) is 30.4 Å². The zero-order valence-corrected chi connectivity index (χ0v) is 16.9. The quantitative estimate of drug-likeness (QED) is 0.767. The van der Waals surface area contributed by atoms with E-state index in [0.717, 1.165) is 12.8 Å². The highest BCUT2D eigenvalue weighted by Gasteiger charge is 2.80. The molecule has 5 atom stereocenters. The first-order valence-corrected chi connectivity index (χ1v) is 9.91. The van der Waals surface area contributed by atoms with Gasteiger partial charge in [-0.3, -0.25) is 5.41 Å². The lowest BCUT2D eigenvalue weighted by Crippen LogP contribution is -2.62. The van der Waals surface area contributed by atoms with Crippen molar-refractivity contribution < 1.29 is 14.2 Å². The van der Waals surface area contributed by atoms with Gasteiger partial charge >= 0.3 is 0 Å². The summed E-state index contributed by atoms with van der Waals surface area (Å²) in [5, 5.41) is 39.8. The SMILES string of the molecule is COc1ccccc1C1C2(C)OC(=N)C1(C#N)C(C#N)(C#N)C(C1CC=CCC1)O2. The van der Waals surface area contributed by atoms with Crippen molar-refractivity contribution in [1.29, 1.82) is 21.2 Å². The maximum Gasteiger partial charge on any atom is 0.218 e. The van der Waals surface area contributed by atoms with E-state index in [9.17, 15) is 15.8 Å². The first kappa shape index (κ1) is 20.0. The van der Waals surface area contributed by atoms with Crippen LogP contribution in [-0.4, -0.2) is 24.9 Å². The molecule has 7 nitrogen and oxygen atoms in total. The fraction of sp³-hybridized carbons (Fsp3) is 0.478. The predicted molar refractivity (Wildman–Crippen MR) is 106 cm³/mol. The molecule has 0 amide bonds. The van der Waals surface area contributed by atoms with Gasteiger partial charge in [0.1, 0.15) is 5.75 Å². The Bertz CT molecular complexity index is 1030. The number of methoxy groups -OCH3 is 1. The molecule has 4 rings (SSSR count). The summed E-state index contributed by atoms with van der Waals surface area (Å²) in [5.41, 5.74) is -3.16. The number of ether oxygens (including phenoxy) is 3. The van der Waals surface area contributed by atoms with Crippen LogP contribution < -0.4 is 4.74 Å². The van der Waals surface area contributed by atoms with Crippen molar-refractivity contribution in [2.24, 2.45) is 16.7 Å². The minimum Gasteiger partial charge on any atom is -0.496 e. The normalized spacial score (nSPS) is 36.1. The van der Waals surface area contributed by atoms with Crippen LogP contribution in [0.2, 0.25) is 0 Å². The van der Waals surface area contributed by atoms with Gasteiger partial charge in [-0.05, 0) is 31.2 Å². The summed E-state index contributed by atoms with van der Waals surface area (Å²) in [6.45, 7) is 1.68. The van der Waals surface area contributed by atoms with Crippen LogP contribution in [0.3, 0.4) is 0 Å². The molecule has 30 heavy (non-hydrogen) atoms. The molecule has 1 aliphatic carbocycles. The number of nitrogens with zero attached hydrogens (tertiary/aromatic N) is 3. The maximum absolute atomic E-state index is 10.5. The molecule has 2 bridgehead atoms. The highest BCUT2D eigenvalue weighted by atomic mass is 16.7. The zero-order chi connectivity index (χ0) is 21.6. The third-order valence-electron chi connectivity index (χ3n) is 6.75. The second kappa shape index (κ2) is 6.87. The smallest absolute Gasteiger partial charge is 0.218 e. The number of nitrogens with one attached hydrogen (secondary N) is 1. The van der Waals surface area contributed by atoms with Gasteiger partial charge in [0.05, 0.1) is 37.3 Å². The number of fused-ring (bicyclic) bond motifs is 2. The zero-order valence-electron chi connectivity index (χ0n) is 16.9. The van der Waals surface area contributed by atoms with Crippen LogP contribution in [0.4, 0.5) is 0 Å². The summed E-state index contributed by atoms with van der Waals surface area (Å²) >= 11 is 0. The van der Waals surface area contributed by atoms with E-state index < -0.39 is 34.5 Å². The molecule has 2 heterocycles. The van der Waals surface area contributed by atoms with E-state index in [2.05, 4.69) is 24.3 Å². The van der Waals surface area contributed by atoms with Gasteiger partial charge in [0.25, 0.3) is 0 Å². The summed E-state index contributed by atoms with van der Waals surface area (Å²) in [6.07, 6.45) is 5.39. The summed E-state index contributed by atoms with van der Waals surface area (Å²) in [6, 6.07) is 13.5. The third kappa shape index (κ3) is 2.29. The molecule has 152 valence electrons. The highest BCUT2D eigenvalue weighted by Crippen LogP contribution is 2.68. The Morgan fingerprint density at radius 1 is 1.13 bits per heavy atom. The molecular weight excluding hydrogens is 380 g/mol. The lowest BCUT2D eigenvalue weighted by molar-refractivity contribution is -0.263. The molecule has 0 saturated carbocycles. The van der Waals surface area contributed by atoms with E-state index in [4.69, 9.17) is 19.6 Å². The van der Waals surface area contributed by atoms with Crippen LogP contribution >= 0.6 is 0 Å². The Hall–Kier alpha value is -3.34. The average Bonchev–Trinajstić information content (AvgIpc) is 2.96. The molecule has 0 aromatic heterocycles. The minimum absolute atomic E-state index is 0.130. The number of nitriles is 3. The number of allylic oxidation sites excluding steroid dienone is 2. The fourth-order valence-electron chi connectivity index (χ4n) is 5.42. The van der Waals surface area contributed by atoms with Gasteiger partial charge in [0.15, 0.2) is 10.8 Å². The van der Waals surface area contributed by atoms with Gasteiger partial charge in [-0.2, -0.15) is 15.8 Å². The van der Waals surface area contributed by atoms with Crippen molar-refractivity contribution in [3.63, 3.8) is 0 Å². The molecule has 0 spiro atoms. The van der Waals surface area contributed by atoms with E-state index in [1.54, 1.807) is 31.2 Å². The lowest BCUT2D eigenvalue weighted by Gasteiger charge is -2.51. The second-order valence-electron chi connectivity index (χ2n) is 8.16. The molecule has 2 saturated heterocycles. The first-order valence-electron chi connectivity index (χ1n) is 9.91. The maximum atomic E-state index is 10.5. The van der Waals surface area contributed by atoms with Crippen molar-refractivity contribution in [2.75, 3.05) is 7.11 Å². The first-order chi connectivity index (χ1) is 14.4. The molecule has 3 aliphatic rings. The molecule has 2 fully saturated rings. The minimum atomic E-state index is -1.91. The number of rotatable bonds is 3. The lowest BCUT2D eigenvalue weighted by atomic mass is 9.51. The highest BCUT2D eigenvalue weighted by molar-refractivity contribution is 5.90. The van der Waals surface area contributed by atoms with Crippen LogP contribution in [0.5, 0.6) is 5.75 Å². The van der Waals surface area contributed by atoms with Gasteiger partial charge in [0.2, 0.25) is 11.7 Å². The number of benzene rings is 1. The van der Waals surface area contributed by atoms with E-state index in [-0.39, 0.29) is 5.92 Å². The largest absolute Gasteiger partial charge is 0.496 e. The molecule has 7 heteroatoms. The molecule has 1 aromatic rings. The van der Waals surface area contributed by atoms with Crippen LogP contribution in [0, 0.1) is 56.2 Å². The van der Waals surface area contributed by atoms with Gasteiger partial charge in [0, 0.05) is 12.5 Å². The Labute approximate surface area is 175 Å². The van der Waals surface area contributed by atoms with Gasteiger partial charge in [-0.15, -0.1) is 0 Å². The van der Waals surface area contributed by atoms with Crippen LogP contribution in [0.1, 0.15) is 37.7 Å². The van der Waals surface area contributed by atoms with Crippen molar-refractivity contribution in [3.05, 3.63) is 42.0 Å². The fourth-order valence-corrected chi connectivity index (χ4v) is 5.42. The topological polar surface area (TPSA) is 123 Å². The molecule has 1 N–H and O–H groups in total. The summed E-state index contributed by atoms with van der Waals surface area (Å²) in [7, 11) is 1.51. The van der Waals surface area contributed by atoms with E-state index in [1.807, 2.05) is 6.08 Å². The second-order valence-corrected chi connectivity index (χ2v) is 8.16. The molecule has 5 unspecified atom stereocenters. The van der Waals surface area contributed by atoms with E-state index >= 15 is 0 Å². The standard InChI is InChI=1S/C23H22N4O3/c1-21-18(16-10-6-7-11-17(16)28-2)23(14-26,20(27)30-21)22(12-24,13-25)19(29-21)15-8-4-3-5-9-15/h3-4,6-7,10-11,15,18-19,27H,5,8-9H2,1-2H3. The Kier molecular flexibility index (Phi) is 4.57. The number of hydrogen-bond acceptors (Lipinski definition) is 7. The van der Waals surface area contributed by atoms with Crippen LogP contribution in [0.25, 0.3) is 0 Å². The van der Waals surface area contributed by atoms with Gasteiger partial charge < -0.3 is 14.2 Å². The molecule has 2 aliphatic heterocycles. The van der Waals surface area contributed by atoms with Crippen LogP contribution in [0.15, 0.2) is 36.4 Å². The Morgan fingerprint density at radius 2 is 1.87 bits per heavy atom. The Balaban J connectivity index is 2.00. The number of para-hydroxylation sites is 1. The van der Waals surface area contributed by atoms with Crippen molar-refractivity contribution in [2.45, 2.75) is 44.0 Å². The average molecular weight is 402 g/mol. The molecule has 1 aromatic carbocycles. The Morgan fingerprint density at radius 3 is 2.47 bits per heavy atom. The summed E-state index contributed by atoms with van der Waals surface area (Å²) in [4.78, 5) is 0. The van der Waals surface area contributed by atoms with Crippen molar-refractivity contribution in [3.8, 4) is 24.0 Å². The molecule has 0 radical (unpaired) electrons. The third-order valence-corrected chi connectivity index (χ3v) is 6.75. The van der Waals surface area contributed by atoms with E-state index in [1.165, 1.54) is 7.11 Å². The van der Waals surface area contributed by atoms with Gasteiger partial charge in [-0.25, -0.2) is 0 Å². The van der Waals surface area contributed by atoms with Crippen molar-refractivity contribution in [1.82, 2.24) is 0 Å². The van der Waals surface area contributed by atoms with Crippen LogP contribution in [-0.2, 0) is 9.47 Å². The molecular formula is C23H22N4O3.